The Hall–Kier alpha value is -3.15. The van der Waals surface area contributed by atoms with Gasteiger partial charge < -0.3 is 18.6 Å². The van der Waals surface area contributed by atoms with Crippen molar-refractivity contribution < 1.29 is 9.47 Å². The van der Waals surface area contributed by atoms with Crippen molar-refractivity contribution in [3.63, 3.8) is 0 Å². The number of hydrogen-bond donors (Lipinski definition) is 0. The second-order valence-corrected chi connectivity index (χ2v) is 8.29. The Morgan fingerprint density at radius 3 is 2.22 bits per heavy atom. The van der Waals surface area contributed by atoms with E-state index < -0.39 is 0 Å². The monoisotopic (exact) mass is 468 g/mol. The van der Waals surface area contributed by atoms with Gasteiger partial charge in [-0.1, -0.05) is 35.3 Å². The number of nitrogens with zero attached hydrogens (tertiary/aromatic N) is 2. The molecule has 0 unspecified atom stereocenters. The van der Waals surface area contributed by atoms with Crippen molar-refractivity contribution in [2.45, 2.75) is 20.4 Å². The molecule has 2 aromatic carbocycles. The van der Waals surface area contributed by atoms with Gasteiger partial charge in [0.25, 0.3) is 5.56 Å². The molecule has 7 heteroatoms. The molecule has 164 valence electrons. The van der Waals surface area contributed by atoms with Crippen LogP contribution >= 0.6 is 23.2 Å². The Bertz CT molecular complexity index is 1300. The molecule has 5 nitrogen and oxygen atoms in total. The first kappa shape index (κ1) is 22.1. The number of benzene rings is 2. The summed E-state index contributed by atoms with van der Waals surface area (Å²) in [6.07, 6.45) is 1.64. The first-order valence-electron chi connectivity index (χ1n) is 10.0. The van der Waals surface area contributed by atoms with E-state index in [1.807, 2.05) is 62.4 Å². The Morgan fingerprint density at radius 1 is 0.875 bits per heavy atom. The molecule has 0 saturated carbocycles. The third-order valence-electron chi connectivity index (χ3n) is 5.18. The predicted molar refractivity (Wildman–Crippen MR) is 128 cm³/mol. The molecule has 0 aliphatic rings. The molecule has 4 rings (SSSR count). The van der Waals surface area contributed by atoms with E-state index in [2.05, 4.69) is 4.57 Å². The van der Waals surface area contributed by atoms with Gasteiger partial charge in [-0.3, -0.25) is 4.79 Å². The van der Waals surface area contributed by atoms with Crippen LogP contribution in [0.15, 0.2) is 71.7 Å². The van der Waals surface area contributed by atoms with Gasteiger partial charge in [0.1, 0.15) is 11.5 Å². The maximum absolute atomic E-state index is 12.4. The standard InChI is InChI=1S/C25H22Cl2N2O3/c1-16-7-8-17(2)29(16)19-12-22(26)25(23(27)13-19)32-21-9-10-24(30)28(15-21)14-18-5-4-6-20(11-18)31-3/h4-13,15H,14H2,1-3H3. The van der Waals surface area contributed by atoms with Crippen molar-refractivity contribution in [3.05, 3.63) is 104 Å². The number of rotatable bonds is 6. The average Bonchev–Trinajstić information content (AvgIpc) is 3.11. The summed E-state index contributed by atoms with van der Waals surface area (Å²) in [4.78, 5) is 12.4. The van der Waals surface area contributed by atoms with Gasteiger partial charge in [-0.25, -0.2) is 0 Å². The van der Waals surface area contributed by atoms with Crippen molar-refractivity contribution in [1.29, 1.82) is 0 Å². The fraction of sp³-hybridized carbons (Fsp3) is 0.160. The van der Waals surface area contributed by atoms with Crippen LogP contribution in [-0.2, 0) is 6.54 Å². The van der Waals surface area contributed by atoms with Crippen LogP contribution in [0, 0.1) is 13.8 Å². The van der Waals surface area contributed by atoms with E-state index in [0.717, 1.165) is 28.4 Å². The lowest BCUT2D eigenvalue weighted by molar-refractivity contribution is 0.414. The van der Waals surface area contributed by atoms with Gasteiger partial charge in [0.05, 0.1) is 29.9 Å². The zero-order valence-corrected chi connectivity index (χ0v) is 19.4. The van der Waals surface area contributed by atoms with Gasteiger partial charge in [0.15, 0.2) is 5.75 Å². The summed E-state index contributed by atoms with van der Waals surface area (Å²) in [5.41, 5.74) is 3.80. The van der Waals surface area contributed by atoms with Crippen molar-refractivity contribution in [1.82, 2.24) is 9.13 Å². The van der Waals surface area contributed by atoms with Gasteiger partial charge >= 0.3 is 0 Å². The molecular weight excluding hydrogens is 447 g/mol. The summed E-state index contributed by atoms with van der Waals surface area (Å²) in [6, 6.07) is 18.3. The SMILES string of the molecule is COc1cccc(Cn2cc(Oc3c(Cl)cc(-n4c(C)ccc4C)cc3Cl)ccc2=O)c1. The Balaban J connectivity index is 1.63. The van der Waals surface area contributed by atoms with Crippen molar-refractivity contribution in [3.8, 4) is 22.9 Å². The van der Waals surface area contributed by atoms with E-state index >= 15 is 0 Å². The average molecular weight is 469 g/mol. The summed E-state index contributed by atoms with van der Waals surface area (Å²) in [5.74, 6) is 1.53. The van der Waals surface area contributed by atoms with Crippen LogP contribution in [0.25, 0.3) is 5.69 Å². The maximum atomic E-state index is 12.4. The quantitative estimate of drug-likeness (QED) is 0.328. The molecule has 2 heterocycles. The number of ether oxygens (including phenoxy) is 2. The molecule has 0 spiro atoms. The van der Waals surface area contributed by atoms with Gasteiger partial charge in [-0.15, -0.1) is 0 Å². The molecule has 32 heavy (non-hydrogen) atoms. The molecule has 0 aliphatic carbocycles. The van der Waals surface area contributed by atoms with Crippen LogP contribution in [0.1, 0.15) is 17.0 Å². The van der Waals surface area contributed by atoms with Gasteiger partial charge in [0.2, 0.25) is 0 Å². The van der Waals surface area contributed by atoms with E-state index in [-0.39, 0.29) is 5.56 Å². The topological polar surface area (TPSA) is 45.4 Å². The van der Waals surface area contributed by atoms with Crippen LogP contribution in [0.5, 0.6) is 17.2 Å². The predicted octanol–water partition coefficient (Wildman–Crippen LogP) is 6.41. The summed E-state index contributed by atoms with van der Waals surface area (Å²) in [6.45, 7) is 4.41. The second kappa shape index (κ2) is 9.15. The van der Waals surface area contributed by atoms with Crippen molar-refractivity contribution in [2.75, 3.05) is 7.11 Å². The molecule has 4 aromatic rings. The molecule has 0 radical (unpaired) electrons. The maximum Gasteiger partial charge on any atom is 0.251 e. The van der Waals surface area contributed by atoms with Crippen molar-refractivity contribution in [2.24, 2.45) is 0 Å². The highest BCUT2D eigenvalue weighted by Crippen LogP contribution is 2.38. The fourth-order valence-corrected chi connectivity index (χ4v) is 4.18. The number of aromatic nitrogens is 2. The van der Waals surface area contributed by atoms with Crippen molar-refractivity contribution >= 4 is 23.2 Å². The first-order chi connectivity index (χ1) is 15.4. The third kappa shape index (κ3) is 4.54. The Morgan fingerprint density at radius 2 is 1.56 bits per heavy atom. The molecule has 0 bridgehead atoms. The summed E-state index contributed by atoms with van der Waals surface area (Å²) < 4.78 is 14.9. The van der Waals surface area contributed by atoms with E-state index in [1.165, 1.54) is 6.07 Å². The Kier molecular flexibility index (Phi) is 6.31. The molecule has 0 amide bonds. The third-order valence-corrected chi connectivity index (χ3v) is 5.74. The van der Waals surface area contributed by atoms with Crippen LogP contribution in [0.3, 0.4) is 0 Å². The van der Waals surface area contributed by atoms with Crippen LogP contribution in [0.2, 0.25) is 10.0 Å². The molecule has 0 atom stereocenters. The van der Waals surface area contributed by atoms with Crippen LogP contribution in [0.4, 0.5) is 0 Å². The Labute approximate surface area is 196 Å². The highest BCUT2D eigenvalue weighted by molar-refractivity contribution is 6.37. The van der Waals surface area contributed by atoms with Crippen LogP contribution < -0.4 is 15.0 Å². The summed E-state index contributed by atoms with van der Waals surface area (Å²) in [7, 11) is 1.61. The minimum atomic E-state index is -0.147. The van der Waals surface area contributed by atoms with E-state index in [0.29, 0.717) is 28.1 Å². The van der Waals surface area contributed by atoms with Gasteiger partial charge in [0, 0.05) is 23.1 Å². The largest absolute Gasteiger partial charge is 0.497 e. The van der Waals surface area contributed by atoms with E-state index in [9.17, 15) is 4.79 Å². The molecule has 0 N–H and O–H groups in total. The van der Waals surface area contributed by atoms with Gasteiger partial charge in [-0.05, 0) is 61.9 Å². The lowest BCUT2D eigenvalue weighted by Crippen LogP contribution is -2.19. The van der Waals surface area contributed by atoms with Gasteiger partial charge in [-0.2, -0.15) is 0 Å². The second-order valence-electron chi connectivity index (χ2n) is 7.47. The van der Waals surface area contributed by atoms with E-state index in [4.69, 9.17) is 32.7 Å². The molecule has 0 saturated heterocycles. The number of aryl methyl sites for hydroxylation is 2. The molecular formula is C25H22Cl2N2O3. The lowest BCUT2D eigenvalue weighted by atomic mass is 10.2. The lowest BCUT2D eigenvalue weighted by Gasteiger charge is -2.15. The minimum Gasteiger partial charge on any atom is -0.497 e. The first-order valence-corrected chi connectivity index (χ1v) is 10.8. The molecule has 2 aromatic heterocycles. The van der Waals surface area contributed by atoms with Crippen LogP contribution in [-0.4, -0.2) is 16.2 Å². The number of pyridine rings is 1. The zero-order valence-electron chi connectivity index (χ0n) is 17.9. The smallest absolute Gasteiger partial charge is 0.251 e. The minimum absolute atomic E-state index is 0.147. The normalized spacial score (nSPS) is 10.9. The zero-order chi connectivity index (χ0) is 22.8. The highest BCUT2D eigenvalue weighted by Gasteiger charge is 2.14. The number of hydrogen-bond acceptors (Lipinski definition) is 3. The summed E-state index contributed by atoms with van der Waals surface area (Å²) >= 11 is 13.1. The summed E-state index contributed by atoms with van der Waals surface area (Å²) in [5, 5.41) is 0.760. The molecule has 0 fully saturated rings. The highest BCUT2D eigenvalue weighted by atomic mass is 35.5. The fourth-order valence-electron chi connectivity index (χ4n) is 3.63. The number of methoxy groups -OCH3 is 1. The van der Waals surface area contributed by atoms with E-state index in [1.54, 1.807) is 23.9 Å². The molecule has 0 aliphatic heterocycles. The number of halogens is 2.